The molecule has 0 radical (unpaired) electrons. The molecule has 0 aliphatic heterocycles. The lowest BCUT2D eigenvalue weighted by Gasteiger charge is -2.27. The van der Waals surface area contributed by atoms with Crippen LogP contribution in [0.4, 0.5) is 0 Å². The molecule has 76 valence electrons. The molecule has 0 saturated heterocycles. The van der Waals surface area contributed by atoms with Crippen LogP contribution in [0.25, 0.3) is 0 Å². The Morgan fingerprint density at radius 1 is 1.64 bits per heavy atom. The first-order chi connectivity index (χ1) is 6.76. The first-order valence-corrected chi connectivity index (χ1v) is 4.94. The van der Waals surface area contributed by atoms with Crippen molar-refractivity contribution in [2.24, 2.45) is 5.41 Å². The van der Waals surface area contributed by atoms with Crippen molar-refractivity contribution in [3.63, 3.8) is 0 Å². The fourth-order valence-electron chi connectivity index (χ4n) is 1.77. The Labute approximate surface area is 86.5 Å². The third-order valence-corrected chi connectivity index (χ3v) is 2.52. The Morgan fingerprint density at radius 3 is 2.86 bits per heavy atom. The summed E-state index contributed by atoms with van der Waals surface area (Å²) in [5.41, 5.74) is 0.124. The van der Waals surface area contributed by atoms with Gasteiger partial charge >= 0.3 is 0 Å². The largest absolute Gasteiger partial charge is 0.497 e. The van der Waals surface area contributed by atoms with Crippen LogP contribution in [0.3, 0.4) is 0 Å². The van der Waals surface area contributed by atoms with E-state index in [-0.39, 0.29) is 5.41 Å². The Kier molecular flexibility index (Phi) is 3.75. The molecule has 1 heteroatoms. The van der Waals surface area contributed by atoms with E-state index in [1.165, 1.54) is 0 Å². The molecule has 1 unspecified atom stereocenters. The van der Waals surface area contributed by atoms with Crippen LogP contribution in [-0.2, 0) is 4.74 Å². The molecule has 1 atom stereocenters. The van der Waals surface area contributed by atoms with Crippen LogP contribution in [0, 0.1) is 5.41 Å². The summed E-state index contributed by atoms with van der Waals surface area (Å²) in [5.74, 6) is 0.953. The molecule has 0 spiro atoms. The second kappa shape index (κ2) is 4.85. The van der Waals surface area contributed by atoms with Crippen LogP contribution in [0.5, 0.6) is 0 Å². The summed E-state index contributed by atoms with van der Waals surface area (Å²) in [6, 6.07) is 0. The van der Waals surface area contributed by atoms with Gasteiger partial charge in [0.1, 0.15) is 5.76 Å². The van der Waals surface area contributed by atoms with Crippen molar-refractivity contribution >= 4 is 0 Å². The van der Waals surface area contributed by atoms with Crippen LogP contribution in [0.15, 0.2) is 48.8 Å². The average Bonchev–Trinajstić information content (AvgIpc) is 2.20. The predicted octanol–water partition coefficient (Wildman–Crippen LogP) is 3.62. The normalized spacial score (nSPS) is 26.3. The van der Waals surface area contributed by atoms with Gasteiger partial charge in [0, 0.05) is 5.41 Å². The van der Waals surface area contributed by atoms with Gasteiger partial charge in [-0.1, -0.05) is 24.3 Å². The zero-order chi connectivity index (χ0) is 10.4. The summed E-state index contributed by atoms with van der Waals surface area (Å²) in [4.78, 5) is 0. The maximum absolute atomic E-state index is 5.17. The fourth-order valence-corrected chi connectivity index (χ4v) is 1.77. The Bertz CT molecular complexity index is 284. The molecule has 0 amide bonds. The van der Waals surface area contributed by atoms with Crippen molar-refractivity contribution in [2.75, 3.05) is 7.11 Å². The fraction of sp³-hybridized carbons (Fsp3) is 0.385. The lowest BCUT2D eigenvalue weighted by molar-refractivity contribution is 0.297. The minimum atomic E-state index is 0.124. The van der Waals surface area contributed by atoms with E-state index >= 15 is 0 Å². The average molecular weight is 190 g/mol. The van der Waals surface area contributed by atoms with Gasteiger partial charge in [0.2, 0.25) is 0 Å². The van der Waals surface area contributed by atoms with Crippen molar-refractivity contribution < 1.29 is 4.74 Å². The molecule has 0 aromatic heterocycles. The Hall–Kier alpha value is -1.24. The van der Waals surface area contributed by atoms with E-state index in [0.29, 0.717) is 0 Å². The van der Waals surface area contributed by atoms with E-state index in [1.54, 1.807) is 7.11 Å². The zero-order valence-electron chi connectivity index (χ0n) is 8.99. The van der Waals surface area contributed by atoms with Crippen LogP contribution < -0.4 is 0 Å². The highest BCUT2D eigenvalue weighted by Crippen LogP contribution is 2.35. The molecular weight excluding hydrogens is 172 g/mol. The Balaban J connectivity index is 2.80. The molecule has 0 heterocycles. The molecule has 0 bridgehead atoms. The van der Waals surface area contributed by atoms with Gasteiger partial charge in [-0.2, -0.15) is 0 Å². The SMILES string of the molecule is C=CCC1(C=CC)C=CC(OC)=CC1. The minimum absolute atomic E-state index is 0.124. The lowest BCUT2D eigenvalue weighted by Crippen LogP contribution is -2.15. The van der Waals surface area contributed by atoms with Crippen LogP contribution in [0.1, 0.15) is 19.8 Å². The maximum Gasteiger partial charge on any atom is 0.114 e. The van der Waals surface area contributed by atoms with Gasteiger partial charge < -0.3 is 4.74 Å². The molecular formula is C13H18O. The van der Waals surface area contributed by atoms with Gasteiger partial charge in [-0.25, -0.2) is 0 Å². The molecule has 14 heavy (non-hydrogen) atoms. The summed E-state index contributed by atoms with van der Waals surface area (Å²) >= 11 is 0. The maximum atomic E-state index is 5.17. The van der Waals surface area contributed by atoms with E-state index in [9.17, 15) is 0 Å². The van der Waals surface area contributed by atoms with E-state index < -0.39 is 0 Å². The van der Waals surface area contributed by atoms with E-state index in [1.807, 2.05) is 19.1 Å². The lowest BCUT2D eigenvalue weighted by atomic mass is 9.78. The van der Waals surface area contributed by atoms with E-state index in [0.717, 1.165) is 18.6 Å². The van der Waals surface area contributed by atoms with Crippen LogP contribution >= 0.6 is 0 Å². The van der Waals surface area contributed by atoms with Gasteiger partial charge in [0.25, 0.3) is 0 Å². The number of ether oxygens (including phenoxy) is 1. The number of allylic oxidation sites excluding steroid dienone is 6. The highest BCUT2D eigenvalue weighted by atomic mass is 16.5. The molecule has 0 saturated carbocycles. The van der Waals surface area contributed by atoms with Gasteiger partial charge in [0.05, 0.1) is 7.11 Å². The van der Waals surface area contributed by atoms with Gasteiger partial charge in [-0.05, 0) is 31.9 Å². The minimum Gasteiger partial charge on any atom is -0.497 e. The zero-order valence-corrected chi connectivity index (χ0v) is 8.99. The van der Waals surface area contributed by atoms with Gasteiger partial charge in [-0.3, -0.25) is 0 Å². The Morgan fingerprint density at radius 2 is 2.43 bits per heavy atom. The third-order valence-electron chi connectivity index (χ3n) is 2.52. The smallest absolute Gasteiger partial charge is 0.114 e. The summed E-state index contributed by atoms with van der Waals surface area (Å²) < 4.78 is 5.17. The number of hydrogen-bond donors (Lipinski definition) is 0. The third kappa shape index (κ3) is 2.38. The van der Waals surface area contributed by atoms with Crippen molar-refractivity contribution in [3.05, 3.63) is 48.8 Å². The van der Waals surface area contributed by atoms with E-state index in [2.05, 4.69) is 30.9 Å². The molecule has 0 N–H and O–H groups in total. The van der Waals surface area contributed by atoms with Crippen molar-refractivity contribution in [1.82, 2.24) is 0 Å². The monoisotopic (exact) mass is 190 g/mol. The van der Waals surface area contributed by atoms with Crippen molar-refractivity contribution in [2.45, 2.75) is 19.8 Å². The summed E-state index contributed by atoms with van der Waals surface area (Å²) in [5, 5.41) is 0. The number of methoxy groups -OCH3 is 1. The van der Waals surface area contributed by atoms with Crippen LogP contribution in [0.2, 0.25) is 0 Å². The van der Waals surface area contributed by atoms with Crippen molar-refractivity contribution in [1.29, 1.82) is 0 Å². The molecule has 1 aliphatic rings. The van der Waals surface area contributed by atoms with Crippen molar-refractivity contribution in [3.8, 4) is 0 Å². The second-order valence-electron chi connectivity index (χ2n) is 3.57. The highest BCUT2D eigenvalue weighted by Gasteiger charge is 2.23. The number of rotatable bonds is 4. The standard InChI is InChI=1S/C13H18O/c1-4-8-13(9-5-2)10-6-12(14-3)7-11-13/h4-7,9-10H,1,8,11H2,2-3H3. The first kappa shape index (κ1) is 10.8. The molecule has 1 rings (SSSR count). The topological polar surface area (TPSA) is 9.23 Å². The molecule has 1 nitrogen and oxygen atoms in total. The van der Waals surface area contributed by atoms with Gasteiger partial charge in [-0.15, -0.1) is 6.58 Å². The number of hydrogen-bond acceptors (Lipinski definition) is 1. The summed E-state index contributed by atoms with van der Waals surface area (Å²) in [7, 11) is 1.70. The molecule has 1 aliphatic carbocycles. The van der Waals surface area contributed by atoms with Gasteiger partial charge in [0.15, 0.2) is 0 Å². The van der Waals surface area contributed by atoms with E-state index in [4.69, 9.17) is 4.74 Å². The highest BCUT2D eigenvalue weighted by molar-refractivity contribution is 5.27. The predicted molar refractivity (Wildman–Crippen MR) is 60.9 cm³/mol. The summed E-state index contributed by atoms with van der Waals surface area (Å²) in [6.07, 6.45) is 14.6. The first-order valence-electron chi connectivity index (χ1n) is 4.94. The molecule has 0 aromatic rings. The molecule has 0 fully saturated rings. The van der Waals surface area contributed by atoms with Crippen LogP contribution in [-0.4, -0.2) is 7.11 Å². The second-order valence-corrected chi connectivity index (χ2v) is 3.57. The molecule has 0 aromatic carbocycles. The quantitative estimate of drug-likeness (QED) is 0.615. The summed E-state index contributed by atoms with van der Waals surface area (Å²) in [6.45, 7) is 5.85.